The second kappa shape index (κ2) is 11.2. The summed E-state index contributed by atoms with van der Waals surface area (Å²) in [5.74, 6) is 0. The van der Waals surface area contributed by atoms with E-state index in [9.17, 15) is 0 Å². The van der Waals surface area contributed by atoms with Crippen LogP contribution < -0.4 is 0 Å². The van der Waals surface area contributed by atoms with E-state index in [0.29, 0.717) is 0 Å². The highest BCUT2D eigenvalue weighted by Crippen LogP contribution is 2.59. The van der Waals surface area contributed by atoms with Crippen LogP contribution in [0.4, 0.5) is 0 Å². The van der Waals surface area contributed by atoms with Gasteiger partial charge in [-0.2, -0.15) is 0 Å². The molecule has 0 aliphatic heterocycles. The Morgan fingerprint density at radius 1 is 0.259 bits per heavy atom. The molecule has 12 rings (SSSR count). The van der Waals surface area contributed by atoms with Crippen LogP contribution in [0.2, 0.25) is 0 Å². The lowest BCUT2D eigenvalue weighted by Crippen LogP contribution is -1.93. The van der Waals surface area contributed by atoms with Crippen LogP contribution in [0.3, 0.4) is 0 Å². The highest BCUT2D eigenvalue weighted by Gasteiger charge is 2.32. The summed E-state index contributed by atoms with van der Waals surface area (Å²) in [7, 11) is 0. The molecule has 0 saturated heterocycles. The second-order valence-electron chi connectivity index (χ2n) is 14.5. The fourth-order valence-corrected chi connectivity index (χ4v) is 9.55. The Labute approximate surface area is 313 Å². The van der Waals surface area contributed by atoms with Crippen molar-refractivity contribution >= 4 is 32.4 Å². The van der Waals surface area contributed by atoms with Crippen molar-refractivity contribution in [3.63, 3.8) is 0 Å². The fraction of sp³-hybridized carbons (Fsp3) is 0. The van der Waals surface area contributed by atoms with Gasteiger partial charge in [-0.1, -0.05) is 182 Å². The van der Waals surface area contributed by atoms with Gasteiger partial charge in [0, 0.05) is 16.5 Å². The largest absolute Gasteiger partial charge is 0.247 e. The first-order valence-electron chi connectivity index (χ1n) is 18.7. The Kier molecular flexibility index (Phi) is 6.12. The summed E-state index contributed by atoms with van der Waals surface area (Å²) in [5, 5.41) is 6.35. The number of benzene rings is 9. The second-order valence-corrected chi connectivity index (χ2v) is 14.5. The van der Waals surface area contributed by atoms with Crippen LogP contribution in [0.1, 0.15) is 0 Å². The lowest BCUT2D eigenvalue weighted by molar-refractivity contribution is 1.40. The lowest BCUT2D eigenvalue weighted by Gasteiger charge is -2.20. The zero-order chi connectivity index (χ0) is 35.3. The third kappa shape index (κ3) is 4.01. The highest BCUT2D eigenvalue weighted by molar-refractivity contribution is 6.29. The van der Waals surface area contributed by atoms with E-state index < -0.39 is 0 Å². The first kappa shape index (κ1) is 29.5. The summed E-state index contributed by atoms with van der Waals surface area (Å²) in [6.45, 7) is 0. The molecule has 248 valence electrons. The number of fused-ring (bicyclic) bond motifs is 7. The highest BCUT2D eigenvalue weighted by atomic mass is 14.7. The number of pyridine rings is 1. The normalized spacial score (nSPS) is 12.1. The van der Waals surface area contributed by atoms with Crippen LogP contribution in [0, 0.1) is 0 Å². The van der Waals surface area contributed by atoms with Gasteiger partial charge < -0.3 is 0 Å². The molecule has 0 N–H and O–H groups in total. The standard InChI is InChI=1S/C53H31N/c1-4-15-32(16-5-1)46-31-45-36-22-11-10-21-35(36)41-28-29-42(53(54-46)50(41)45)37-27-30-44-49-38(37)25-14-26-43(49)51-47(33-17-6-2-7-18-33)39-23-12-13-24-40(39)48(52(44)51)34-19-8-3-9-20-34/h1-31H. The Morgan fingerprint density at radius 3 is 1.37 bits per heavy atom. The third-order valence-electron chi connectivity index (χ3n) is 11.7. The molecule has 0 fully saturated rings. The number of rotatable bonds is 4. The molecular weight excluding hydrogens is 651 g/mol. The van der Waals surface area contributed by atoms with Gasteiger partial charge in [0.1, 0.15) is 0 Å². The summed E-state index contributed by atoms with van der Waals surface area (Å²) in [6.07, 6.45) is 0. The van der Waals surface area contributed by atoms with Crippen molar-refractivity contribution in [2.45, 2.75) is 0 Å². The summed E-state index contributed by atoms with van der Waals surface area (Å²) in [5.41, 5.74) is 20.9. The molecule has 1 heteroatoms. The molecule has 0 amide bonds. The van der Waals surface area contributed by atoms with Crippen molar-refractivity contribution in [2.24, 2.45) is 0 Å². The van der Waals surface area contributed by atoms with E-state index in [0.717, 1.165) is 22.3 Å². The van der Waals surface area contributed by atoms with Gasteiger partial charge in [0.15, 0.2) is 0 Å². The predicted octanol–water partition coefficient (Wildman–Crippen LogP) is 14.5. The van der Waals surface area contributed by atoms with E-state index in [4.69, 9.17) is 4.98 Å². The average molecular weight is 682 g/mol. The molecule has 0 radical (unpaired) electrons. The minimum Gasteiger partial charge on any atom is -0.247 e. The van der Waals surface area contributed by atoms with Gasteiger partial charge in [-0.15, -0.1) is 0 Å². The third-order valence-corrected chi connectivity index (χ3v) is 11.7. The fourth-order valence-electron chi connectivity index (χ4n) is 9.55. The van der Waals surface area contributed by atoms with Crippen molar-refractivity contribution < 1.29 is 0 Å². The van der Waals surface area contributed by atoms with E-state index >= 15 is 0 Å². The Morgan fingerprint density at radius 2 is 0.722 bits per heavy atom. The molecule has 2 aliphatic rings. The van der Waals surface area contributed by atoms with E-state index in [1.807, 2.05) is 0 Å². The van der Waals surface area contributed by atoms with Gasteiger partial charge in [0.25, 0.3) is 0 Å². The summed E-state index contributed by atoms with van der Waals surface area (Å²) < 4.78 is 0. The average Bonchev–Trinajstić information content (AvgIpc) is 3.75. The molecule has 0 unspecified atom stereocenters. The van der Waals surface area contributed by atoms with Gasteiger partial charge in [0.05, 0.1) is 11.2 Å². The monoisotopic (exact) mass is 681 g/mol. The Hall–Kier alpha value is -7.09. The topological polar surface area (TPSA) is 12.9 Å². The number of hydrogen-bond donors (Lipinski definition) is 0. The van der Waals surface area contributed by atoms with Crippen LogP contribution in [-0.4, -0.2) is 4.98 Å². The molecule has 2 aliphatic carbocycles. The van der Waals surface area contributed by atoms with Gasteiger partial charge in [-0.3, -0.25) is 0 Å². The maximum atomic E-state index is 5.52. The number of hydrogen-bond acceptors (Lipinski definition) is 1. The number of nitrogens with zero attached hydrogens (tertiary/aromatic N) is 1. The smallest absolute Gasteiger partial charge is 0.0800 e. The van der Waals surface area contributed by atoms with Crippen molar-refractivity contribution in [1.29, 1.82) is 0 Å². The molecule has 1 nitrogen and oxygen atoms in total. The molecule has 10 aromatic rings. The van der Waals surface area contributed by atoms with E-state index in [1.54, 1.807) is 0 Å². The van der Waals surface area contributed by atoms with Crippen molar-refractivity contribution in [1.82, 2.24) is 4.98 Å². The molecule has 54 heavy (non-hydrogen) atoms. The van der Waals surface area contributed by atoms with Crippen molar-refractivity contribution in [2.75, 3.05) is 0 Å². The first-order chi connectivity index (χ1) is 26.8. The van der Waals surface area contributed by atoms with Crippen LogP contribution in [0.5, 0.6) is 0 Å². The minimum atomic E-state index is 0.998. The van der Waals surface area contributed by atoms with Gasteiger partial charge in [-0.25, -0.2) is 4.98 Å². The molecule has 0 atom stereocenters. The Balaban J connectivity index is 1.19. The predicted molar refractivity (Wildman–Crippen MR) is 227 cm³/mol. The van der Waals surface area contributed by atoms with Crippen LogP contribution in [-0.2, 0) is 0 Å². The quantitative estimate of drug-likeness (QED) is 0.180. The zero-order valence-corrected chi connectivity index (χ0v) is 29.3. The lowest BCUT2D eigenvalue weighted by atomic mass is 9.82. The molecule has 1 aromatic heterocycles. The van der Waals surface area contributed by atoms with E-state index in [1.165, 1.54) is 99.3 Å². The van der Waals surface area contributed by atoms with E-state index in [-0.39, 0.29) is 0 Å². The molecule has 1 heterocycles. The van der Waals surface area contributed by atoms with Gasteiger partial charge >= 0.3 is 0 Å². The first-order valence-corrected chi connectivity index (χ1v) is 18.7. The SMILES string of the molecule is c1ccc(-c2cc3c4c(ccc(-c5ccc6c7c(cccc57)-c5c-6c(-c6ccccc6)c6ccccc6c5-c5ccccc5)c4n2)-c2ccccc2-3)cc1. The molecule has 0 bridgehead atoms. The zero-order valence-electron chi connectivity index (χ0n) is 29.3. The van der Waals surface area contributed by atoms with Gasteiger partial charge in [0.2, 0.25) is 0 Å². The molecule has 0 saturated carbocycles. The molecule has 0 spiro atoms. The summed E-state index contributed by atoms with van der Waals surface area (Å²) in [6, 6.07) is 68.9. The Bertz CT molecular complexity index is 3090. The summed E-state index contributed by atoms with van der Waals surface area (Å²) in [4.78, 5) is 5.52. The van der Waals surface area contributed by atoms with E-state index in [2.05, 4.69) is 188 Å². The van der Waals surface area contributed by atoms with Gasteiger partial charge in [-0.05, 0) is 99.9 Å². The van der Waals surface area contributed by atoms with Crippen LogP contribution >= 0.6 is 0 Å². The summed E-state index contributed by atoms with van der Waals surface area (Å²) >= 11 is 0. The maximum Gasteiger partial charge on any atom is 0.0800 e. The van der Waals surface area contributed by atoms with Crippen molar-refractivity contribution in [3.05, 3.63) is 188 Å². The number of aromatic nitrogens is 1. The van der Waals surface area contributed by atoms with Crippen molar-refractivity contribution in [3.8, 4) is 89.1 Å². The molecule has 9 aromatic carbocycles. The van der Waals surface area contributed by atoms with Crippen LogP contribution in [0.25, 0.3) is 122 Å². The minimum absolute atomic E-state index is 0.998. The molecular formula is C53H31N. The van der Waals surface area contributed by atoms with Crippen LogP contribution in [0.15, 0.2) is 188 Å². The maximum absolute atomic E-state index is 5.52.